The standard InChI is InChI=1S/C28H26NO/c1-18-22(26-17-21(15-16-29(26)2)19-7-3-4-8-19)13-14-24-25-12-11-20-9-5-6-10-23(20)28(25)30-27(18)24/h5-6,9-17,19H,3-4,7-8H2,1-2H3/q+1/i19D. The number of fused-ring (bicyclic) bond motifs is 5. The van der Waals surface area contributed by atoms with Gasteiger partial charge >= 0.3 is 0 Å². The van der Waals surface area contributed by atoms with Gasteiger partial charge in [0.1, 0.15) is 18.2 Å². The Labute approximate surface area is 178 Å². The summed E-state index contributed by atoms with van der Waals surface area (Å²) < 4.78 is 17.6. The molecule has 0 N–H and O–H groups in total. The van der Waals surface area contributed by atoms with Crippen LogP contribution in [-0.2, 0) is 7.05 Å². The summed E-state index contributed by atoms with van der Waals surface area (Å²) in [6, 6.07) is 21.5. The molecule has 0 saturated heterocycles. The lowest BCUT2D eigenvalue weighted by molar-refractivity contribution is -0.660. The molecule has 2 heterocycles. The van der Waals surface area contributed by atoms with Crippen LogP contribution >= 0.6 is 0 Å². The fraction of sp³-hybridized carbons (Fsp3) is 0.250. The molecule has 2 heteroatoms. The van der Waals surface area contributed by atoms with Crippen LogP contribution in [0.2, 0.25) is 0 Å². The van der Waals surface area contributed by atoms with Crippen molar-refractivity contribution in [2.24, 2.45) is 7.05 Å². The van der Waals surface area contributed by atoms with E-state index in [0.29, 0.717) is 0 Å². The number of aryl methyl sites for hydroxylation is 2. The Hall–Kier alpha value is -3.13. The van der Waals surface area contributed by atoms with Crippen molar-refractivity contribution in [3.63, 3.8) is 0 Å². The van der Waals surface area contributed by atoms with Crippen LogP contribution in [0.15, 0.2) is 71.3 Å². The lowest BCUT2D eigenvalue weighted by atomic mass is 9.95. The third-order valence-corrected chi connectivity index (χ3v) is 6.82. The first-order chi connectivity index (χ1) is 15.0. The normalized spacial score (nSPS) is 16.5. The van der Waals surface area contributed by atoms with Crippen molar-refractivity contribution in [2.75, 3.05) is 0 Å². The number of rotatable bonds is 2. The molecule has 0 spiro atoms. The monoisotopic (exact) mass is 393 g/mol. The number of hydrogen-bond acceptors (Lipinski definition) is 1. The molecule has 148 valence electrons. The molecule has 3 aromatic carbocycles. The van der Waals surface area contributed by atoms with Crippen LogP contribution < -0.4 is 4.57 Å². The van der Waals surface area contributed by atoms with Crippen molar-refractivity contribution in [3.05, 3.63) is 78.0 Å². The third-order valence-electron chi connectivity index (χ3n) is 6.82. The molecule has 6 rings (SSSR count). The Kier molecular flexibility index (Phi) is 3.72. The van der Waals surface area contributed by atoms with Crippen LogP contribution in [0, 0.1) is 6.92 Å². The largest absolute Gasteiger partial charge is 0.455 e. The van der Waals surface area contributed by atoms with E-state index in [1.54, 1.807) is 0 Å². The summed E-state index contributed by atoms with van der Waals surface area (Å²) in [6.45, 7) is 2.15. The molecule has 1 saturated carbocycles. The van der Waals surface area contributed by atoms with E-state index in [9.17, 15) is 0 Å². The van der Waals surface area contributed by atoms with E-state index >= 15 is 0 Å². The van der Waals surface area contributed by atoms with E-state index in [1.807, 2.05) is 0 Å². The maximum Gasteiger partial charge on any atom is 0.212 e. The van der Waals surface area contributed by atoms with E-state index in [4.69, 9.17) is 5.79 Å². The average molecular weight is 394 g/mol. The summed E-state index contributed by atoms with van der Waals surface area (Å²) in [7, 11) is 2.08. The van der Waals surface area contributed by atoms with Gasteiger partial charge in [-0.1, -0.05) is 43.2 Å². The van der Waals surface area contributed by atoms with Crippen molar-refractivity contribution < 1.29 is 10.4 Å². The minimum Gasteiger partial charge on any atom is -0.455 e. The quantitative estimate of drug-likeness (QED) is 0.290. The molecule has 1 fully saturated rings. The summed E-state index contributed by atoms with van der Waals surface area (Å²) in [6.07, 6.45) is 6.31. The summed E-state index contributed by atoms with van der Waals surface area (Å²) in [5.41, 5.74) is 6.50. The van der Waals surface area contributed by atoms with Gasteiger partial charge in [0, 0.05) is 35.2 Å². The summed E-state index contributed by atoms with van der Waals surface area (Å²) in [5, 5.41) is 4.68. The molecule has 0 atom stereocenters. The van der Waals surface area contributed by atoms with E-state index in [-0.39, 0.29) is 0 Å². The lowest BCUT2D eigenvalue weighted by Gasteiger charge is -2.11. The Morgan fingerprint density at radius 1 is 0.900 bits per heavy atom. The summed E-state index contributed by atoms with van der Waals surface area (Å²) in [5.74, 6) is -0.445. The molecule has 1 aliphatic rings. The van der Waals surface area contributed by atoms with Gasteiger partial charge in [0.15, 0.2) is 6.20 Å². The van der Waals surface area contributed by atoms with Crippen molar-refractivity contribution in [3.8, 4) is 11.3 Å². The highest BCUT2D eigenvalue weighted by Crippen LogP contribution is 2.39. The van der Waals surface area contributed by atoms with Gasteiger partial charge in [-0.15, -0.1) is 0 Å². The minimum absolute atomic E-state index is 0.445. The predicted molar refractivity (Wildman–Crippen MR) is 124 cm³/mol. The second-order valence-electron chi connectivity index (χ2n) is 8.60. The first-order valence-electron chi connectivity index (χ1n) is 11.4. The molecule has 0 unspecified atom stereocenters. The summed E-state index contributed by atoms with van der Waals surface area (Å²) in [4.78, 5) is 0. The molecule has 2 aromatic heterocycles. The smallest absolute Gasteiger partial charge is 0.212 e. The number of benzene rings is 3. The maximum absolute atomic E-state index is 8.96. The van der Waals surface area contributed by atoms with Crippen molar-refractivity contribution in [1.82, 2.24) is 0 Å². The van der Waals surface area contributed by atoms with Gasteiger partial charge < -0.3 is 4.42 Å². The van der Waals surface area contributed by atoms with Crippen LogP contribution in [0.5, 0.6) is 0 Å². The van der Waals surface area contributed by atoms with Gasteiger partial charge in [-0.25, -0.2) is 4.57 Å². The van der Waals surface area contributed by atoms with E-state index in [1.165, 1.54) is 10.9 Å². The topological polar surface area (TPSA) is 17.0 Å². The Bertz CT molecular complexity index is 1470. The van der Waals surface area contributed by atoms with Crippen LogP contribution in [0.3, 0.4) is 0 Å². The zero-order chi connectivity index (χ0) is 21.2. The second-order valence-corrected chi connectivity index (χ2v) is 8.60. The fourth-order valence-corrected chi connectivity index (χ4v) is 5.13. The molecule has 5 aromatic rings. The molecular weight excluding hydrogens is 366 g/mol. The second kappa shape index (κ2) is 6.70. The number of hydrogen-bond donors (Lipinski definition) is 0. The molecule has 0 bridgehead atoms. The zero-order valence-electron chi connectivity index (χ0n) is 18.5. The molecule has 0 amide bonds. The van der Waals surface area contributed by atoms with E-state index < -0.39 is 5.89 Å². The first-order valence-corrected chi connectivity index (χ1v) is 10.9. The Balaban J connectivity index is 1.58. The van der Waals surface area contributed by atoms with Crippen LogP contribution in [0.4, 0.5) is 0 Å². The van der Waals surface area contributed by atoms with Gasteiger partial charge in [-0.2, -0.15) is 0 Å². The van der Waals surface area contributed by atoms with Gasteiger partial charge in [0.05, 0.1) is 5.56 Å². The Morgan fingerprint density at radius 2 is 1.67 bits per heavy atom. The van der Waals surface area contributed by atoms with Crippen molar-refractivity contribution in [2.45, 2.75) is 38.5 Å². The molecule has 0 aliphatic heterocycles. The van der Waals surface area contributed by atoms with Crippen LogP contribution in [0.1, 0.15) is 44.1 Å². The third kappa shape index (κ3) is 2.60. The zero-order valence-corrected chi connectivity index (χ0v) is 17.5. The predicted octanol–water partition coefficient (Wildman–Crippen LogP) is 7.20. The molecular formula is C28H26NO+. The fourth-order valence-electron chi connectivity index (χ4n) is 5.13. The van der Waals surface area contributed by atoms with Crippen LogP contribution in [0.25, 0.3) is 44.0 Å². The number of pyridine rings is 1. The van der Waals surface area contributed by atoms with Gasteiger partial charge in [-0.05, 0) is 54.8 Å². The molecule has 2 nitrogen and oxygen atoms in total. The minimum atomic E-state index is -0.445. The highest BCUT2D eigenvalue weighted by atomic mass is 16.3. The summed E-state index contributed by atoms with van der Waals surface area (Å²) >= 11 is 0. The maximum atomic E-state index is 8.96. The van der Waals surface area contributed by atoms with Crippen LogP contribution in [-0.4, -0.2) is 0 Å². The van der Waals surface area contributed by atoms with Gasteiger partial charge in [-0.3, -0.25) is 0 Å². The number of nitrogens with zero attached hydrogens (tertiary/aromatic N) is 1. The van der Waals surface area contributed by atoms with Crippen molar-refractivity contribution >= 4 is 32.7 Å². The number of furan rings is 1. The van der Waals surface area contributed by atoms with Gasteiger partial charge in [0.25, 0.3) is 0 Å². The van der Waals surface area contributed by atoms with Crippen molar-refractivity contribution in [1.29, 1.82) is 0 Å². The average Bonchev–Trinajstić information content (AvgIpc) is 3.40. The lowest BCUT2D eigenvalue weighted by Crippen LogP contribution is -2.31. The van der Waals surface area contributed by atoms with E-state index in [0.717, 1.165) is 69.8 Å². The first kappa shape index (κ1) is 16.6. The Morgan fingerprint density at radius 3 is 2.53 bits per heavy atom. The number of aromatic nitrogens is 1. The van der Waals surface area contributed by atoms with E-state index in [2.05, 4.69) is 85.4 Å². The SMILES string of the molecule is [2H]C1(c2cc[n+](C)c(-c3ccc4c(oc5c6ccccc6ccc45)c3C)c2)CCCC1. The molecule has 0 radical (unpaired) electrons. The van der Waals surface area contributed by atoms with Gasteiger partial charge in [0.2, 0.25) is 5.69 Å². The molecule has 30 heavy (non-hydrogen) atoms. The highest BCUT2D eigenvalue weighted by Gasteiger charge is 2.23. The highest BCUT2D eigenvalue weighted by molar-refractivity contribution is 6.15. The molecule has 1 aliphatic carbocycles.